The Kier molecular flexibility index (Phi) is 6.89. The monoisotopic (exact) mass is 526 g/mol. The maximum atomic E-state index is 15.4. The first-order chi connectivity index (χ1) is 16.4. The normalized spacial score (nSPS) is 14.3. The Morgan fingerprint density at radius 2 is 1.80 bits per heavy atom. The van der Waals surface area contributed by atoms with E-state index in [1.807, 2.05) is 35.9 Å². The van der Waals surface area contributed by atoms with E-state index in [1.165, 1.54) is 13.8 Å². The van der Waals surface area contributed by atoms with Gasteiger partial charge in [-0.3, -0.25) is 4.99 Å². The number of aromatic nitrogens is 1. The van der Waals surface area contributed by atoms with Crippen LogP contribution in [0.1, 0.15) is 37.5 Å². The van der Waals surface area contributed by atoms with E-state index in [1.54, 1.807) is 12.1 Å². The lowest BCUT2D eigenvalue weighted by Gasteiger charge is -2.22. The average Bonchev–Trinajstić information content (AvgIpc) is 3.33. The fourth-order valence-corrected chi connectivity index (χ4v) is 5.45. The van der Waals surface area contributed by atoms with Gasteiger partial charge in [-0.25, -0.2) is 4.39 Å². The van der Waals surface area contributed by atoms with Gasteiger partial charge in [0.2, 0.25) is 0 Å². The number of allylic oxidation sites excluding steroid dienone is 4. The summed E-state index contributed by atoms with van der Waals surface area (Å²) < 4.78 is 17.4. The Balaban J connectivity index is 1.94. The third kappa shape index (κ3) is 4.78. The highest BCUT2D eigenvalue weighted by Crippen LogP contribution is 2.41. The molecule has 0 aliphatic carbocycles. The van der Waals surface area contributed by atoms with E-state index >= 15 is 4.39 Å². The van der Waals surface area contributed by atoms with E-state index in [0.717, 1.165) is 27.6 Å². The molecule has 3 aromatic rings. The summed E-state index contributed by atoms with van der Waals surface area (Å²) in [7, 11) is 0. The Morgan fingerprint density at radius 1 is 1.14 bits per heavy atom. The molecule has 0 fully saturated rings. The van der Waals surface area contributed by atoms with E-state index in [2.05, 4.69) is 37.2 Å². The van der Waals surface area contributed by atoms with E-state index in [4.69, 9.17) is 34.8 Å². The number of hydrogen-bond donors (Lipinski definition) is 0. The Hall–Kier alpha value is -2.59. The van der Waals surface area contributed by atoms with Crippen LogP contribution in [0.4, 0.5) is 4.39 Å². The van der Waals surface area contributed by atoms with Crippen LogP contribution in [0.15, 0.2) is 77.5 Å². The molecular formula is C29H26Cl3FN2. The van der Waals surface area contributed by atoms with E-state index in [0.29, 0.717) is 43.2 Å². The molecular weight excluding hydrogens is 502 g/mol. The first-order valence-electron chi connectivity index (χ1n) is 11.2. The number of nitrogens with zero attached hydrogens (tertiary/aromatic N) is 2. The molecule has 0 bridgehead atoms. The molecule has 180 valence electrons. The average molecular weight is 528 g/mol. The van der Waals surface area contributed by atoms with Gasteiger partial charge in [0.05, 0.1) is 27.8 Å². The van der Waals surface area contributed by atoms with Crippen molar-refractivity contribution in [2.75, 3.05) is 6.54 Å². The van der Waals surface area contributed by atoms with Crippen LogP contribution in [0.3, 0.4) is 0 Å². The second-order valence-corrected chi connectivity index (χ2v) is 10.5. The zero-order valence-corrected chi connectivity index (χ0v) is 22.4. The van der Waals surface area contributed by atoms with Crippen LogP contribution in [0.5, 0.6) is 0 Å². The van der Waals surface area contributed by atoms with Gasteiger partial charge in [-0.05, 0) is 62.6 Å². The molecule has 0 saturated heterocycles. The van der Waals surface area contributed by atoms with Crippen LogP contribution in [0.25, 0.3) is 22.7 Å². The third-order valence-corrected chi connectivity index (χ3v) is 6.89. The number of halogens is 4. The van der Waals surface area contributed by atoms with Gasteiger partial charge in [-0.15, -0.1) is 0 Å². The van der Waals surface area contributed by atoms with Gasteiger partial charge in [0.15, 0.2) is 0 Å². The van der Waals surface area contributed by atoms with Crippen molar-refractivity contribution >= 4 is 63.2 Å². The van der Waals surface area contributed by atoms with Crippen molar-refractivity contribution in [2.24, 2.45) is 4.99 Å². The van der Waals surface area contributed by atoms with Crippen LogP contribution in [-0.4, -0.2) is 22.5 Å². The molecule has 35 heavy (non-hydrogen) atoms. The number of rotatable bonds is 6. The SMILES string of the molecule is C=C(C)/C=C/c1cccc2c1c(C)cn2C(=C)C1=C(C(C)(C)F)CN=C1c1c(Cl)cc(Cl)cc1Cl. The number of alkyl halides is 1. The zero-order chi connectivity index (χ0) is 25.7. The quantitative estimate of drug-likeness (QED) is 0.284. The maximum Gasteiger partial charge on any atom is 0.129 e. The highest BCUT2D eigenvalue weighted by molar-refractivity contribution is 6.44. The summed E-state index contributed by atoms with van der Waals surface area (Å²) in [4.78, 5) is 4.68. The third-order valence-electron chi connectivity index (χ3n) is 6.07. The summed E-state index contributed by atoms with van der Waals surface area (Å²) >= 11 is 19.3. The Morgan fingerprint density at radius 3 is 2.40 bits per heavy atom. The smallest absolute Gasteiger partial charge is 0.129 e. The van der Waals surface area contributed by atoms with Crippen molar-refractivity contribution in [1.29, 1.82) is 0 Å². The number of aliphatic imine (C=N–C) groups is 1. The largest absolute Gasteiger partial charge is 0.316 e. The molecule has 0 atom stereocenters. The van der Waals surface area contributed by atoms with Crippen molar-refractivity contribution in [3.63, 3.8) is 0 Å². The summed E-state index contributed by atoms with van der Waals surface area (Å²) in [6.45, 7) is 15.6. The highest BCUT2D eigenvalue weighted by atomic mass is 35.5. The zero-order valence-electron chi connectivity index (χ0n) is 20.1. The highest BCUT2D eigenvalue weighted by Gasteiger charge is 2.35. The van der Waals surface area contributed by atoms with Gasteiger partial charge in [0.1, 0.15) is 5.67 Å². The van der Waals surface area contributed by atoms with Crippen molar-refractivity contribution < 1.29 is 4.39 Å². The summed E-state index contributed by atoms with van der Waals surface area (Å²) in [5, 5.41) is 2.21. The van der Waals surface area contributed by atoms with E-state index in [9.17, 15) is 0 Å². The molecule has 4 rings (SSSR count). The van der Waals surface area contributed by atoms with E-state index in [-0.39, 0.29) is 6.54 Å². The summed E-state index contributed by atoms with van der Waals surface area (Å²) in [5.74, 6) is 0. The molecule has 0 saturated carbocycles. The second kappa shape index (κ2) is 9.46. The number of fused-ring (bicyclic) bond motifs is 1. The second-order valence-electron chi connectivity index (χ2n) is 9.29. The Bertz CT molecular complexity index is 1460. The molecule has 1 aliphatic heterocycles. The van der Waals surface area contributed by atoms with Gasteiger partial charge < -0.3 is 4.57 Å². The number of hydrogen-bond acceptors (Lipinski definition) is 1. The topological polar surface area (TPSA) is 17.3 Å². The van der Waals surface area contributed by atoms with Crippen molar-refractivity contribution in [1.82, 2.24) is 4.57 Å². The van der Waals surface area contributed by atoms with Crippen LogP contribution >= 0.6 is 34.8 Å². The number of benzene rings is 2. The molecule has 1 aromatic heterocycles. The van der Waals surface area contributed by atoms with Crippen LogP contribution in [0.2, 0.25) is 15.1 Å². The molecule has 2 aromatic carbocycles. The molecule has 0 unspecified atom stereocenters. The fourth-order valence-electron chi connectivity index (χ4n) is 4.46. The van der Waals surface area contributed by atoms with Gasteiger partial charge in [0, 0.05) is 33.4 Å². The molecule has 6 heteroatoms. The predicted octanol–water partition coefficient (Wildman–Crippen LogP) is 9.52. The van der Waals surface area contributed by atoms with Crippen LogP contribution < -0.4 is 0 Å². The lowest BCUT2D eigenvalue weighted by Crippen LogP contribution is -2.21. The van der Waals surface area contributed by atoms with E-state index < -0.39 is 5.67 Å². The first-order valence-corrected chi connectivity index (χ1v) is 12.3. The summed E-state index contributed by atoms with van der Waals surface area (Å²) in [6, 6.07) is 9.31. The predicted molar refractivity (Wildman–Crippen MR) is 151 cm³/mol. The van der Waals surface area contributed by atoms with Crippen molar-refractivity contribution in [2.45, 2.75) is 33.4 Å². The standard InChI is InChI=1S/C29H26Cl3FN2/c1-16(2)10-11-19-8-7-9-24-25(19)17(3)15-35(24)18(4)26-21(29(5,6)33)14-34-28(26)27-22(31)12-20(30)13-23(27)32/h7-13,15H,1,4,14H2,2-3,5-6H3/b11-10+. The molecule has 2 nitrogen and oxygen atoms in total. The minimum Gasteiger partial charge on any atom is -0.316 e. The van der Waals surface area contributed by atoms with Gasteiger partial charge in [-0.1, -0.05) is 77.8 Å². The molecule has 0 N–H and O–H groups in total. The van der Waals surface area contributed by atoms with Gasteiger partial charge in [0.25, 0.3) is 0 Å². The minimum absolute atomic E-state index is 0.188. The molecule has 0 amide bonds. The minimum atomic E-state index is -1.62. The fraction of sp³-hybridized carbons (Fsp3) is 0.207. The van der Waals surface area contributed by atoms with Crippen LogP contribution in [-0.2, 0) is 0 Å². The van der Waals surface area contributed by atoms with Gasteiger partial charge >= 0.3 is 0 Å². The Labute approximate surface area is 220 Å². The summed E-state index contributed by atoms with van der Waals surface area (Å²) in [5.41, 5.74) is 5.20. The van der Waals surface area contributed by atoms with Crippen LogP contribution in [0, 0.1) is 6.92 Å². The van der Waals surface area contributed by atoms with Crippen molar-refractivity contribution in [3.05, 3.63) is 104 Å². The maximum absolute atomic E-state index is 15.4. The van der Waals surface area contributed by atoms with Crippen molar-refractivity contribution in [3.8, 4) is 0 Å². The molecule has 1 aliphatic rings. The molecule has 0 radical (unpaired) electrons. The molecule has 0 spiro atoms. The lowest BCUT2D eigenvalue weighted by atomic mass is 9.90. The van der Waals surface area contributed by atoms with Gasteiger partial charge in [-0.2, -0.15) is 0 Å². The first kappa shape index (κ1) is 25.5. The number of aryl methyl sites for hydroxylation is 1. The molecule has 2 heterocycles. The lowest BCUT2D eigenvalue weighted by molar-refractivity contribution is 0.266. The summed E-state index contributed by atoms with van der Waals surface area (Å²) in [6.07, 6.45) is 6.05.